The van der Waals surface area contributed by atoms with Crippen LogP contribution in [0.25, 0.3) is 0 Å². The molecule has 1 atom stereocenters. The molecule has 0 bridgehead atoms. The molecule has 0 saturated heterocycles. The first kappa shape index (κ1) is 19.2. The van der Waals surface area contributed by atoms with Crippen LogP contribution in [0.3, 0.4) is 0 Å². The lowest BCUT2D eigenvalue weighted by Gasteiger charge is -2.15. The van der Waals surface area contributed by atoms with Crippen molar-refractivity contribution in [3.8, 4) is 0 Å². The first-order valence-corrected chi connectivity index (χ1v) is 10.2. The van der Waals surface area contributed by atoms with E-state index >= 15 is 0 Å². The summed E-state index contributed by atoms with van der Waals surface area (Å²) in [6, 6.07) is 20.9. The maximum absolute atomic E-state index is 10.3. The summed E-state index contributed by atoms with van der Waals surface area (Å²) in [5.41, 5.74) is 1.27. The third-order valence-corrected chi connectivity index (χ3v) is 6.27. The van der Waals surface area contributed by atoms with Gasteiger partial charge in [-0.1, -0.05) is 85.3 Å². The van der Waals surface area contributed by atoms with E-state index in [-0.39, 0.29) is 6.10 Å². The fourth-order valence-corrected chi connectivity index (χ4v) is 4.64. The van der Waals surface area contributed by atoms with Gasteiger partial charge in [-0.15, -0.1) is 0 Å². The summed E-state index contributed by atoms with van der Waals surface area (Å²) in [6.45, 7) is 4.31. The van der Waals surface area contributed by atoms with Crippen molar-refractivity contribution < 1.29 is 5.11 Å². The smallest absolute Gasteiger partial charge is 0.0577 e. The second kappa shape index (κ2) is 10.7. The zero-order valence-electron chi connectivity index (χ0n) is 14.4. The lowest BCUT2D eigenvalue weighted by Crippen LogP contribution is -2.07. The van der Waals surface area contributed by atoms with Crippen LogP contribution in [-0.2, 0) is 0 Å². The average molecular weight is 359 g/mol. The molecular weight excluding hydrogens is 332 g/mol. The van der Waals surface area contributed by atoms with Gasteiger partial charge in [-0.2, -0.15) is 0 Å². The van der Waals surface area contributed by atoms with Crippen LogP contribution in [0.4, 0.5) is 0 Å². The van der Waals surface area contributed by atoms with Crippen molar-refractivity contribution in [2.45, 2.75) is 55.4 Å². The molecule has 1 nitrogen and oxygen atoms in total. The standard InChI is InChI=1S/C21H26OS2/c1-3-4-11-18(22)16-17(2)21(23-19-12-7-5-8-13-19)24-20-14-9-6-10-15-20/h5-10,12-15,18,22H,3-4,11,16H2,1-2H3/t18-/m0/s1. The molecule has 0 aliphatic carbocycles. The summed E-state index contributed by atoms with van der Waals surface area (Å²) in [6.07, 6.45) is 3.60. The minimum absolute atomic E-state index is 0.243. The number of benzene rings is 2. The van der Waals surface area contributed by atoms with Crippen LogP contribution >= 0.6 is 23.5 Å². The molecule has 0 radical (unpaired) electrons. The van der Waals surface area contributed by atoms with E-state index in [0.717, 1.165) is 25.7 Å². The number of aliphatic hydroxyl groups excluding tert-OH is 1. The number of hydrogen-bond acceptors (Lipinski definition) is 3. The lowest BCUT2D eigenvalue weighted by atomic mass is 10.1. The summed E-state index contributed by atoms with van der Waals surface area (Å²) in [5, 5.41) is 10.3. The van der Waals surface area contributed by atoms with E-state index in [1.807, 2.05) is 12.1 Å². The molecule has 0 aromatic heterocycles. The summed E-state index contributed by atoms with van der Waals surface area (Å²) in [7, 11) is 0. The van der Waals surface area contributed by atoms with Gasteiger partial charge in [0.2, 0.25) is 0 Å². The van der Waals surface area contributed by atoms with Gasteiger partial charge in [0.15, 0.2) is 0 Å². The molecular formula is C21H26OS2. The van der Waals surface area contributed by atoms with Crippen molar-refractivity contribution in [2.24, 2.45) is 0 Å². The Labute approximate surface area is 154 Å². The van der Waals surface area contributed by atoms with E-state index in [4.69, 9.17) is 0 Å². The first-order chi connectivity index (χ1) is 11.7. The third-order valence-electron chi connectivity index (χ3n) is 3.69. The zero-order chi connectivity index (χ0) is 17.2. The zero-order valence-corrected chi connectivity index (χ0v) is 16.1. The molecule has 0 saturated carbocycles. The molecule has 0 aliphatic heterocycles. The van der Waals surface area contributed by atoms with Crippen molar-refractivity contribution in [2.75, 3.05) is 0 Å². The van der Waals surface area contributed by atoms with E-state index in [1.165, 1.54) is 19.6 Å². The molecule has 3 heteroatoms. The van der Waals surface area contributed by atoms with E-state index < -0.39 is 0 Å². The van der Waals surface area contributed by atoms with Gasteiger partial charge in [0, 0.05) is 14.0 Å². The van der Waals surface area contributed by atoms with E-state index in [1.54, 1.807) is 23.5 Å². The fourth-order valence-electron chi connectivity index (χ4n) is 2.36. The van der Waals surface area contributed by atoms with E-state index in [2.05, 4.69) is 62.4 Å². The average Bonchev–Trinajstić information content (AvgIpc) is 2.61. The minimum Gasteiger partial charge on any atom is -0.393 e. The highest BCUT2D eigenvalue weighted by atomic mass is 32.2. The van der Waals surface area contributed by atoms with Gasteiger partial charge in [0.25, 0.3) is 0 Å². The van der Waals surface area contributed by atoms with Crippen LogP contribution < -0.4 is 0 Å². The van der Waals surface area contributed by atoms with E-state index in [9.17, 15) is 5.11 Å². The van der Waals surface area contributed by atoms with Gasteiger partial charge in [-0.25, -0.2) is 0 Å². The van der Waals surface area contributed by atoms with Crippen molar-refractivity contribution in [3.05, 3.63) is 70.5 Å². The molecule has 24 heavy (non-hydrogen) atoms. The summed E-state index contributed by atoms with van der Waals surface area (Å²) in [4.78, 5) is 2.47. The van der Waals surface area contributed by atoms with Gasteiger partial charge in [0.05, 0.1) is 6.10 Å². The van der Waals surface area contributed by atoms with Gasteiger partial charge >= 0.3 is 0 Å². The molecule has 0 spiro atoms. The van der Waals surface area contributed by atoms with Gasteiger partial charge in [0.1, 0.15) is 0 Å². The van der Waals surface area contributed by atoms with Crippen molar-refractivity contribution in [3.63, 3.8) is 0 Å². The number of thioether (sulfide) groups is 2. The molecule has 0 fully saturated rings. The van der Waals surface area contributed by atoms with Crippen LogP contribution in [0.15, 0.2) is 80.3 Å². The Balaban J connectivity index is 2.15. The molecule has 0 unspecified atom stereocenters. The van der Waals surface area contributed by atoms with Crippen LogP contribution in [0, 0.1) is 0 Å². The Morgan fingerprint density at radius 2 is 1.42 bits per heavy atom. The third kappa shape index (κ3) is 6.76. The Kier molecular flexibility index (Phi) is 8.51. The van der Waals surface area contributed by atoms with Crippen molar-refractivity contribution >= 4 is 23.5 Å². The molecule has 0 aliphatic rings. The fraction of sp³-hybridized carbons (Fsp3) is 0.333. The van der Waals surface area contributed by atoms with Gasteiger partial charge < -0.3 is 5.11 Å². The highest BCUT2D eigenvalue weighted by Crippen LogP contribution is 2.42. The highest BCUT2D eigenvalue weighted by molar-refractivity contribution is 8.22. The van der Waals surface area contributed by atoms with E-state index in [0.29, 0.717) is 0 Å². The largest absolute Gasteiger partial charge is 0.393 e. The van der Waals surface area contributed by atoms with Crippen LogP contribution in [-0.4, -0.2) is 11.2 Å². The SMILES string of the molecule is CCCC[C@H](O)CC(C)=C(Sc1ccccc1)Sc1ccccc1. The predicted octanol–water partition coefficient (Wildman–Crippen LogP) is 6.74. The summed E-state index contributed by atoms with van der Waals surface area (Å²) < 4.78 is 1.27. The van der Waals surface area contributed by atoms with Crippen LogP contribution in [0.2, 0.25) is 0 Å². The van der Waals surface area contributed by atoms with Crippen LogP contribution in [0.5, 0.6) is 0 Å². The quantitative estimate of drug-likeness (QED) is 0.501. The monoisotopic (exact) mass is 358 g/mol. The van der Waals surface area contributed by atoms with Crippen molar-refractivity contribution in [1.82, 2.24) is 0 Å². The molecule has 2 aromatic rings. The highest BCUT2D eigenvalue weighted by Gasteiger charge is 2.12. The number of unbranched alkanes of at least 4 members (excludes halogenated alkanes) is 1. The molecule has 1 N–H and O–H groups in total. The first-order valence-electron chi connectivity index (χ1n) is 8.52. The molecule has 2 aromatic carbocycles. The second-order valence-electron chi connectivity index (χ2n) is 5.90. The molecule has 0 heterocycles. The maximum atomic E-state index is 10.3. The maximum Gasteiger partial charge on any atom is 0.0577 e. The van der Waals surface area contributed by atoms with Crippen molar-refractivity contribution in [1.29, 1.82) is 0 Å². The minimum atomic E-state index is -0.243. The Morgan fingerprint density at radius 3 is 1.88 bits per heavy atom. The molecule has 0 amide bonds. The van der Waals surface area contributed by atoms with Gasteiger partial charge in [-0.3, -0.25) is 0 Å². The Bertz CT molecular complexity index is 579. The Morgan fingerprint density at radius 1 is 0.917 bits per heavy atom. The predicted molar refractivity (Wildman–Crippen MR) is 107 cm³/mol. The number of rotatable bonds is 9. The Hall–Kier alpha value is -1.16. The molecule has 2 rings (SSSR count). The topological polar surface area (TPSA) is 20.2 Å². The lowest BCUT2D eigenvalue weighted by molar-refractivity contribution is 0.161. The summed E-state index contributed by atoms with van der Waals surface area (Å²) >= 11 is 3.58. The normalized spacial score (nSPS) is 12.0. The van der Waals surface area contributed by atoms with Gasteiger partial charge in [-0.05, 0) is 44.0 Å². The number of aliphatic hydroxyl groups is 1. The molecule has 128 valence electrons. The second-order valence-corrected chi connectivity index (χ2v) is 8.32. The summed E-state index contributed by atoms with van der Waals surface area (Å²) in [5.74, 6) is 0. The number of hydrogen-bond donors (Lipinski definition) is 1. The van der Waals surface area contributed by atoms with Crippen LogP contribution in [0.1, 0.15) is 39.5 Å².